The summed E-state index contributed by atoms with van der Waals surface area (Å²) in [6.45, 7) is 0.721. The van der Waals surface area contributed by atoms with E-state index in [0.717, 1.165) is 21.4 Å². The lowest BCUT2D eigenvalue weighted by atomic mass is 10.3. The Bertz CT molecular complexity index is 1430. The van der Waals surface area contributed by atoms with Gasteiger partial charge >= 0.3 is 0 Å². The fraction of sp³-hybridized carbons (Fsp3) is 0.222. The molecule has 160 valence electrons. The number of thiazole rings is 1. The number of hydrogen-bond donors (Lipinski definition) is 0. The van der Waals surface area contributed by atoms with Crippen LogP contribution in [0.4, 0.5) is 5.69 Å². The Morgan fingerprint density at radius 2 is 1.94 bits per heavy atom. The minimum atomic E-state index is -3.88. The first-order valence-electron chi connectivity index (χ1n) is 9.23. The number of rotatable bonds is 4. The molecule has 1 aliphatic heterocycles. The first-order chi connectivity index (χ1) is 14.8. The van der Waals surface area contributed by atoms with Gasteiger partial charge in [0.1, 0.15) is 4.83 Å². The van der Waals surface area contributed by atoms with E-state index in [4.69, 9.17) is 0 Å². The van der Waals surface area contributed by atoms with E-state index in [0.29, 0.717) is 4.88 Å². The zero-order valence-electron chi connectivity index (χ0n) is 15.9. The Morgan fingerprint density at radius 3 is 2.68 bits per heavy atom. The van der Waals surface area contributed by atoms with Gasteiger partial charge in [0.05, 0.1) is 20.2 Å². The van der Waals surface area contributed by atoms with Gasteiger partial charge in [-0.25, -0.2) is 13.4 Å². The van der Waals surface area contributed by atoms with Crippen molar-refractivity contribution >= 4 is 59.6 Å². The predicted octanol–water partition coefficient (Wildman–Crippen LogP) is 2.67. The molecule has 1 amide bonds. The van der Waals surface area contributed by atoms with Crippen LogP contribution in [0.3, 0.4) is 0 Å². The largest absolute Gasteiger partial charge is 0.335 e. The number of nitrogens with zero attached hydrogens (tertiary/aromatic N) is 5. The molecule has 0 aliphatic carbocycles. The number of fused-ring (bicyclic) bond motifs is 3. The Balaban J connectivity index is 1.31. The van der Waals surface area contributed by atoms with Crippen LogP contribution in [-0.2, 0) is 10.0 Å². The number of nitro benzene ring substituents is 1. The van der Waals surface area contributed by atoms with Crippen LogP contribution >= 0.6 is 22.7 Å². The van der Waals surface area contributed by atoms with Crippen LogP contribution in [0, 0.1) is 10.1 Å². The van der Waals surface area contributed by atoms with Gasteiger partial charge in [0, 0.05) is 49.9 Å². The lowest BCUT2D eigenvalue weighted by Crippen LogP contribution is -2.50. The highest BCUT2D eigenvalue weighted by atomic mass is 32.2. The van der Waals surface area contributed by atoms with Gasteiger partial charge in [-0.3, -0.25) is 19.3 Å². The van der Waals surface area contributed by atoms with Crippen LogP contribution < -0.4 is 0 Å². The van der Waals surface area contributed by atoms with Gasteiger partial charge in [0.2, 0.25) is 10.0 Å². The second kappa shape index (κ2) is 7.37. The lowest BCUT2D eigenvalue weighted by Gasteiger charge is -2.33. The number of imidazole rings is 1. The van der Waals surface area contributed by atoms with E-state index >= 15 is 0 Å². The first kappa shape index (κ1) is 20.1. The third-order valence-electron chi connectivity index (χ3n) is 5.14. The van der Waals surface area contributed by atoms with E-state index in [1.54, 1.807) is 4.90 Å². The van der Waals surface area contributed by atoms with E-state index in [2.05, 4.69) is 4.98 Å². The summed E-state index contributed by atoms with van der Waals surface area (Å²) < 4.78 is 29.0. The summed E-state index contributed by atoms with van der Waals surface area (Å²) in [7, 11) is -3.88. The van der Waals surface area contributed by atoms with Crippen LogP contribution in [0.1, 0.15) is 9.67 Å². The third-order valence-corrected chi connectivity index (χ3v) is 8.80. The van der Waals surface area contributed by atoms with Crippen LogP contribution in [0.25, 0.3) is 15.3 Å². The molecule has 4 heterocycles. The van der Waals surface area contributed by atoms with Gasteiger partial charge < -0.3 is 4.90 Å². The van der Waals surface area contributed by atoms with Crippen molar-refractivity contribution in [2.75, 3.05) is 26.2 Å². The highest BCUT2D eigenvalue weighted by molar-refractivity contribution is 7.89. The number of nitro groups is 1. The van der Waals surface area contributed by atoms with E-state index in [1.807, 2.05) is 22.0 Å². The summed E-state index contributed by atoms with van der Waals surface area (Å²) in [6.07, 6.45) is 1.91. The Labute approximate surface area is 184 Å². The minimum absolute atomic E-state index is 0.121. The van der Waals surface area contributed by atoms with Crippen molar-refractivity contribution in [2.45, 2.75) is 4.90 Å². The Kier molecular flexibility index (Phi) is 4.77. The van der Waals surface area contributed by atoms with E-state index < -0.39 is 14.9 Å². The molecular weight excluding hydrogens is 462 g/mol. The fourth-order valence-electron chi connectivity index (χ4n) is 3.55. The maximum Gasteiger partial charge on any atom is 0.270 e. The number of thiophene rings is 1. The average molecular weight is 478 g/mol. The predicted molar refractivity (Wildman–Crippen MR) is 116 cm³/mol. The molecule has 1 aliphatic rings. The standard InChI is InChI=1S/C18H15N5O5S3/c24-17(15-11-14-16(30-15)19-18-22(14)8-9-29-18)20-4-6-21(7-5-20)31(27,28)13-3-1-2-12(10-13)23(25)26/h1-3,8-11H,4-7H2. The SMILES string of the molecule is O=C(c1cc2c(nc3sccn32)s1)N1CCN(S(=O)(=O)c2cccc([N+](=O)[O-])c2)CC1. The molecule has 0 N–H and O–H groups in total. The first-order valence-corrected chi connectivity index (χ1v) is 12.4. The van der Waals surface area contributed by atoms with Crippen molar-refractivity contribution in [1.29, 1.82) is 0 Å². The summed E-state index contributed by atoms with van der Waals surface area (Å²) in [5.74, 6) is -0.153. The fourth-order valence-corrected chi connectivity index (χ4v) is 6.78. The smallest absolute Gasteiger partial charge is 0.270 e. The van der Waals surface area contributed by atoms with Crippen molar-refractivity contribution in [3.05, 3.63) is 56.9 Å². The molecule has 0 saturated carbocycles. The number of hydrogen-bond acceptors (Lipinski definition) is 8. The molecule has 13 heteroatoms. The normalized spacial score (nSPS) is 15.7. The topological polar surface area (TPSA) is 118 Å². The number of carbonyl (C=O) groups excluding carboxylic acids is 1. The Hall–Kier alpha value is -2.87. The van der Waals surface area contributed by atoms with E-state index in [9.17, 15) is 23.3 Å². The van der Waals surface area contributed by atoms with Gasteiger partial charge in [0.15, 0.2) is 4.96 Å². The van der Waals surface area contributed by atoms with Gasteiger partial charge in [-0.15, -0.1) is 22.7 Å². The highest BCUT2D eigenvalue weighted by Crippen LogP contribution is 2.29. The van der Waals surface area contributed by atoms with Crippen molar-refractivity contribution in [3.8, 4) is 0 Å². The quantitative estimate of drug-likeness (QED) is 0.329. The Morgan fingerprint density at radius 1 is 1.16 bits per heavy atom. The van der Waals surface area contributed by atoms with Crippen molar-refractivity contribution in [2.24, 2.45) is 0 Å². The summed E-state index contributed by atoms with van der Waals surface area (Å²) in [5.41, 5.74) is 0.606. The second-order valence-corrected chi connectivity index (χ2v) is 10.8. The molecule has 3 aromatic heterocycles. The molecule has 1 saturated heterocycles. The van der Waals surface area contributed by atoms with Gasteiger partial charge in [-0.1, -0.05) is 6.07 Å². The van der Waals surface area contributed by atoms with Crippen molar-refractivity contribution in [1.82, 2.24) is 18.6 Å². The molecule has 1 aromatic carbocycles. The van der Waals surface area contributed by atoms with Crippen LogP contribution in [0.5, 0.6) is 0 Å². The summed E-state index contributed by atoms with van der Waals surface area (Å²) >= 11 is 2.85. The summed E-state index contributed by atoms with van der Waals surface area (Å²) in [4.78, 5) is 31.5. The molecule has 0 spiro atoms. The highest BCUT2D eigenvalue weighted by Gasteiger charge is 2.32. The number of non-ortho nitro benzene ring substituents is 1. The maximum atomic E-state index is 12.9. The summed E-state index contributed by atoms with van der Waals surface area (Å²) in [5, 5.41) is 12.9. The number of carbonyl (C=O) groups is 1. The van der Waals surface area contributed by atoms with Crippen LogP contribution in [0.15, 0.2) is 46.8 Å². The number of amides is 1. The zero-order valence-corrected chi connectivity index (χ0v) is 18.3. The minimum Gasteiger partial charge on any atom is -0.335 e. The van der Waals surface area contributed by atoms with Gasteiger partial charge in [-0.05, 0) is 12.1 Å². The van der Waals surface area contributed by atoms with Gasteiger partial charge in [-0.2, -0.15) is 4.31 Å². The van der Waals surface area contributed by atoms with Crippen molar-refractivity contribution < 1.29 is 18.1 Å². The molecule has 0 atom stereocenters. The molecule has 4 aromatic rings. The number of aromatic nitrogens is 2. The zero-order chi connectivity index (χ0) is 21.8. The molecule has 31 heavy (non-hydrogen) atoms. The third kappa shape index (κ3) is 3.39. The number of sulfonamides is 1. The van der Waals surface area contributed by atoms with Crippen LogP contribution in [-0.4, -0.2) is 64.0 Å². The molecule has 5 rings (SSSR count). The number of piperazine rings is 1. The molecule has 10 nitrogen and oxygen atoms in total. The summed E-state index contributed by atoms with van der Waals surface area (Å²) in [6, 6.07) is 6.81. The molecular formula is C18H15N5O5S3. The van der Waals surface area contributed by atoms with Crippen LogP contribution in [0.2, 0.25) is 0 Å². The molecule has 1 fully saturated rings. The monoisotopic (exact) mass is 477 g/mol. The number of benzene rings is 1. The van der Waals surface area contributed by atoms with E-state index in [-0.39, 0.29) is 42.7 Å². The molecule has 0 bridgehead atoms. The van der Waals surface area contributed by atoms with Gasteiger partial charge in [0.25, 0.3) is 11.6 Å². The van der Waals surface area contributed by atoms with E-state index in [1.165, 1.54) is 45.2 Å². The average Bonchev–Trinajstić information content (AvgIpc) is 3.46. The molecule has 0 radical (unpaired) electrons. The molecule has 0 unspecified atom stereocenters. The van der Waals surface area contributed by atoms with Crippen molar-refractivity contribution in [3.63, 3.8) is 0 Å². The lowest BCUT2D eigenvalue weighted by molar-refractivity contribution is -0.385. The maximum absolute atomic E-state index is 12.9. The second-order valence-electron chi connectivity index (χ2n) is 6.92.